The minimum absolute atomic E-state index is 0.102. The van der Waals surface area contributed by atoms with Crippen LogP contribution in [0, 0.1) is 11.7 Å². The topological polar surface area (TPSA) is 79.5 Å². The third-order valence-corrected chi connectivity index (χ3v) is 4.60. The van der Waals surface area contributed by atoms with Crippen molar-refractivity contribution in [1.82, 2.24) is 4.98 Å². The number of hydrogen-bond acceptors (Lipinski definition) is 4. The van der Waals surface area contributed by atoms with Gasteiger partial charge in [0.2, 0.25) is 0 Å². The maximum absolute atomic E-state index is 13.0. The molecule has 3 rings (SSSR count). The van der Waals surface area contributed by atoms with Crippen LogP contribution in [0.5, 0.6) is 0 Å². The van der Waals surface area contributed by atoms with Crippen molar-refractivity contribution in [3.63, 3.8) is 0 Å². The van der Waals surface area contributed by atoms with Crippen LogP contribution >= 0.6 is 0 Å². The molecule has 0 bridgehead atoms. The first-order chi connectivity index (χ1) is 11.6. The first kappa shape index (κ1) is 16.4. The Morgan fingerprint density at radius 1 is 1.25 bits per heavy atom. The molecule has 1 amide bonds. The Morgan fingerprint density at radius 3 is 2.54 bits per heavy atom. The lowest BCUT2D eigenvalue weighted by atomic mass is 9.87. The van der Waals surface area contributed by atoms with Crippen LogP contribution in [0.4, 0.5) is 10.1 Å². The van der Waals surface area contributed by atoms with Gasteiger partial charge in [-0.05, 0) is 42.5 Å². The van der Waals surface area contributed by atoms with Gasteiger partial charge in [-0.15, -0.1) is 0 Å². The molecule has 1 aromatic heterocycles. The van der Waals surface area contributed by atoms with Gasteiger partial charge in [0.25, 0.3) is 5.91 Å². The number of nitrogens with zero attached hydrogens (tertiary/aromatic N) is 2. The summed E-state index contributed by atoms with van der Waals surface area (Å²) in [6.45, 7) is 1.43. The van der Waals surface area contributed by atoms with E-state index in [-0.39, 0.29) is 11.7 Å². The summed E-state index contributed by atoms with van der Waals surface area (Å²) in [6, 6.07) is 7.77. The molecule has 5 nitrogen and oxygen atoms in total. The molecule has 126 valence electrons. The predicted octanol–water partition coefficient (Wildman–Crippen LogP) is 2.27. The predicted molar refractivity (Wildman–Crippen MR) is 89.1 cm³/mol. The fourth-order valence-electron chi connectivity index (χ4n) is 3.24. The number of anilines is 1. The van der Waals surface area contributed by atoms with Crippen molar-refractivity contribution in [2.75, 3.05) is 18.0 Å². The molecule has 0 spiro atoms. The van der Waals surface area contributed by atoms with Gasteiger partial charge in [0, 0.05) is 25.5 Å². The van der Waals surface area contributed by atoms with E-state index in [0.717, 1.165) is 24.1 Å². The molecule has 2 heterocycles. The molecule has 2 aromatic rings. The van der Waals surface area contributed by atoms with Gasteiger partial charge in [0.05, 0.1) is 17.4 Å². The minimum Gasteiger partial charge on any atom is -0.388 e. The van der Waals surface area contributed by atoms with Crippen molar-refractivity contribution < 1.29 is 14.3 Å². The fraction of sp³-hybridized carbons (Fsp3) is 0.333. The molecule has 1 aromatic carbocycles. The van der Waals surface area contributed by atoms with Crippen molar-refractivity contribution in [2.45, 2.75) is 18.9 Å². The average molecular weight is 329 g/mol. The third-order valence-electron chi connectivity index (χ3n) is 4.60. The zero-order valence-electron chi connectivity index (χ0n) is 13.2. The second-order valence-electron chi connectivity index (χ2n) is 6.08. The number of rotatable bonds is 4. The van der Waals surface area contributed by atoms with E-state index in [4.69, 9.17) is 5.73 Å². The van der Waals surface area contributed by atoms with Crippen molar-refractivity contribution in [3.05, 3.63) is 59.7 Å². The normalized spacial score (nSPS) is 16.8. The third kappa shape index (κ3) is 3.38. The zero-order valence-corrected chi connectivity index (χ0v) is 13.2. The number of carbonyl (C=O) groups is 1. The summed E-state index contributed by atoms with van der Waals surface area (Å²) >= 11 is 0. The van der Waals surface area contributed by atoms with Crippen LogP contribution in [-0.4, -0.2) is 29.1 Å². The highest BCUT2D eigenvalue weighted by Gasteiger charge is 2.27. The molecule has 1 aliphatic rings. The van der Waals surface area contributed by atoms with Crippen LogP contribution in [0.25, 0.3) is 0 Å². The summed E-state index contributed by atoms with van der Waals surface area (Å²) in [5.74, 6) is -0.699. The first-order valence-electron chi connectivity index (χ1n) is 7.98. The summed E-state index contributed by atoms with van der Waals surface area (Å²) in [5, 5.41) is 10.5. The number of benzene rings is 1. The number of nitrogens with two attached hydrogens (primary N) is 1. The van der Waals surface area contributed by atoms with E-state index in [9.17, 15) is 14.3 Å². The molecule has 1 atom stereocenters. The average Bonchev–Trinajstić information content (AvgIpc) is 2.62. The number of pyridine rings is 1. The Labute approximate surface area is 139 Å². The molecular weight excluding hydrogens is 309 g/mol. The Morgan fingerprint density at radius 2 is 1.92 bits per heavy atom. The van der Waals surface area contributed by atoms with E-state index in [1.54, 1.807) is 24.4 Å². The van der Waals surface area contributed by atoms with Crippen molar-refractivity contribution in [2.24, 2.45) is 11.7 Å². The zero-order chi connectivity index (χ0) is 17.1. The molecule has 3 N–H and O–H groups in total. The van der Waals surface area contributed by atoms with Gasteiger partial charge in [-0.25, -0.2) is 4.39 Å². The highest BCUT2D eigenvalue weighted by molar-refractivity contribution is 5.98. The molecule has 1 fully saturated rings. The monoisotopic (exact) mass is 329 g/mol. The van der Waals surface area contributed by atoms with E-state index in [1.165, 1.54) is 18.3 Å². The number of aliphatic hydroxyl groups is 1. The lowest BCUT2D eigenvalue weighted by Gasteiger charge is -2.36. The quantitative estimate of drug-likeness (QED) is 0.902. The fourth-order valence-corrected chi connectivity index (χ4v) is 3.24. The van der Waals surface area contributed by atoms with Crippen LogP contribution < -0.4 is 10.6 Å². The van der Waals surface area contributed by atoms with E-state index >= 15 is 0 Å². The van der Waals surface area contributed by atoms with E-state index in [0.29, 0.717) is 18.7 Å². The summed E-state index contributed by atoms with van der Waals surface area (Å²) < 4.78 is 13.0. The lowest BCUT2D eigenvalue weighted by molar-refractivity contribution is 0.0926. The van der Waals surface area contributed by atoms with E-state index < -0.39 is 12.0 Å². The molecule has 6 heteroatoms. The molecule has 1 saturated heterocycles. The molecule has 0 saturated carbocycles. The summed E-state index contributed by atoms with van der Waals surface area (Å²) in [6.07, 6.45) is 4.07. The van der Waals surface area contributed by atoms with E-state index in [2.05, 4.69) is 9.88 Å². The van der Waals surface area contributed by atoms with Gasteiger partial charge in [0.1, 0.15) is 5.82 Å². The molecule has 1 unspecified atom stereocenters. The lowest BCUT2D eigenvalue weighted by Crippen LogP contribution is -2.36. The van der Waals surface area contributed by atoms with Crippen LogP contribution in [-0.2, 0) is 0 Å². The van der Waals surface area contributed by atoms with Gasteiger partial charge in [-0.2, -0.15) is 0 Å². The molecule has 0 radical (unpaired) electrons. The van der Waals surface area contributed by atoms with Gasteiger partial charge in [0.15, 0.2) is 0 Å². The summed E-state index contributed by atoms with van der Waals surface area (Å²) in [4.78, 5) is 17.6. The molecular formula is C18H20FN3O2. The van der Waals surface area contributed by atoms with Gasteiger partial charge in [-0.1, -0.05) is 12.1 Å². The number of aromatic nitrogens is 1. The number of amides is 1. The van der Waals surface area contributed by atoms with Crippen molar-refractivity contribution in [3.8, 4) is 0 Å². The second-order valence-corrected chi connectivity index (χ2v) is 6.08. The SMILES string of the molecule is NC(=O)c1cnccc1N1CCC(C(O)c2ccc(F)cc2)CC1. The number of hydrogen-bond donors (Lipinski definition) is 2. The minimum atomic E-state index is -0.610. The number of primary amides is 1. The molecule has 1 aliphatic heterocycles. The maximum Gasteiger partial charge on any atom is 0.252 e. The molecule has 24 heavy (non-hydrogen) atoms. The maximum atomic E-state index is 13.0. The van der Waals surface area contributed by atoms with Crippen LogP contribution in [0.15, 0.2) is 42.7 Å². The van der Waals surface area contributed by atoms with Crippen LogP contribution in [0.1, 0.15) is 34.9 Å². The van der Waals surface area contributed by atoms with E-state index in [1.807, 2.05) is 0 Å². The molecule has 0 aliphatic carbocycles. The number of halogens is 1. The van der Waals surface area contributed by atoms with Gasteiger partial charge >= 0.3 is 0 Å². The Kier molecular flexibility index (Phi) is 4.76. The van der Waals surface area contributed by atoms with Gasteiger partial charge < -0.3 is 15.7 Å². The summed E-state index contributed by atoms with van der Waals surface area (Å²) in [7, 11) is 0. The van der Waals surface area contributed by atoms with Crippen molar-refractivity contribution in [1.29, 1.82) is 0 Å². The Hall–Kier alpha value is -2.47. The van der Waals surface area contributed by atoms with Crippen LogP contribution in [0.3, 0.4) is 0 Å². The summed E-state index contributed by atoms with van der Waals surface area (Å²) in [5.41, 5.74) is 7.34. The number of aliphatic hydroxyl groups excluding tert-OH is 1. The second kappa shape index (κ2) is 6.97. The number of carbonyl (C=O) groups excluding carboxylic acids is 1. The largest absolute Gasteiger partial charge is 0.388 e. The first-order valence-corrected chi connectivity index (χ1v) is 7.98. The number of piperidine rings is 1. The highest BCUT2D eigenvalue weighted by atomic mass is 19.1. The highest BCUT2D eigenvalue weighted by Crippen LogP contribution is 2.33. The van der Waals surface area contributed by atoms with Gasteiger partial charge in [-0.3, -0.25) is 9.78 Å². The van der Waals surface area contributed by atoms with Crippen molar-refractivity contribution >= 4 is 11.6 Å². The Bertz CT molecular complexity index is 712. The van der Waals surface area contributed by atoms with Crippen LogP contribution in [0.2, 0.25) is 0 Å². The smallest absolute Gasteiger partial charge is 0.252 e. The Balaban J connectivity index is 1.68. The standard InChI is InChI=1S/C18H20FN3O2/c19-14-3-1-12(2-4-14)17(23)13-6-9-22(10-7-13)16-5-8-21-11-15(16)18(20)24/h1-5,8,11,13,17,23H,6-7,9-10H2,(H2,20,24).